The number of hydrogen-bond donors (Lipinski definition) is 0. The predicted octanol–water partition coefficient (Wildman–Crippen LogP) is 3.13. The summed E-state index contributed by atoms with van der Waals surface area (Å²) in [4.78, 5) is 0. The highest BCUT2D eigenvalue weighted by molar-refractivity contribution is 4.84. The van der Waals surface area contributed by atoms with Crippen LogP contribution in [0.25, 0.3) is 0 Å². The SMILES string of the molecule is C=CC1CCC(OC(C)(C)OC)CC1. The lowest BCUT2D eigenvalue weighted by Crippen LogP contribution is -2.34. The van der Waals surface area contributed by atoms with E-state index in [1.807, 2.05) is 13.8 Å². The summed E-state index contributed by atoms with van der Waals surface area (Å²) in [6.45, 7) is 7.76. The first kappa shape index (κ1) is 11.7. The topological polar surface area (TPSA) is 18.5 Å². The first-order valence-corrected chi connectivity index (χ1v) is 5.43. The minimum atomic E-state index is -0.439. The van der Waals surface area contributed by atoms with Gasteiger partial charge in [0.2, 0.25) is 0 Å². The number of allylic oxidation sites excluding steroid dienone is 1. The molecule has 1 saturated carbocycles. The molecule has 0 atom stereocenters. The zero-order valence-corrected chi connectivity index (χ0v) is 9.58. The summed E-state index contributed by atoms with van der Waals surface area (Å²) in [7, 11) is 1.69. The maximum Gasteiger partial charge on any atom is 0.162 e. The number of methoxy groups -OCH3 is 1. The highest BCUT2D eigenvalue weighted by Gasteiger charge is 2.26. The van der Waals surface area contributed by atoms with Crippen molar-refractivity contribution in [3.63, 3.8) is 0 Å². The normalized spacial score (nSPS) is 28.8. The van der Waals surface area contributed by atoms with Crippen molar-refractivity contribution in [3.8, 4) is 0 Å². The molecular weight excluding hydrogens is 176 g/mol. The number of ether oxygens (including phenoxy) is 2. The Labute approximate surface area is 87.3 Å². The van der Waals surface area contributed by atoms with Gasteiger partial charge in [0.05, 0.1) is 6.10 Å². The van der Waals surface area contributed by atoms with Crippen molar-refractivity contribution in [2.75, 3.05) is 7.11 Å². The van der Waals surface area contributed by atoms with Gasteiger partial charge < -0.3 is 9.47 Å². The third-order valence-corrected chi connectivity index (χ3v) is 2.99. The van der Waals surface area contributed by atoms with E-state index in [-0.39, 0.29) is 0 Å². The third kappa shape index (κ3) is 3.43. The van der Waals surface area contributed by atoms with Crippen molar-refractivity contribution >= 4 is 0 Å². The van der Waals surface area contributed by atoms with Crippen molar-refractivity contribution in [2.24, 2.45) is 5.92 Å². The van der Waals surface area contributed by atoms with E-state index in [2.05, 4.69) is 12.7 Å². The fourth-order valence-electron chi connectivity index (χ4n) is 1.89. The van der Waals surface area contributed by atoms with Gasteiger partial charge in [-0.3, -0.25) is 0 Å². The van der Waals surface area contributed by atoms with E-state index in [0.29, 0.717) is 12.0 Å². The van der Waals surface area contributed by atoms with Gasteiger partial charge in [0, 0.05) is 7.11 Å². The van der Waals surface area contributed by atoms with Gasteiger partial charge in [-0.2, -0.15) is 0 Å². The van der Waals surface area contributed by atoms with E-state index >= 15 is 0 Å². The van der Waals surface area contributed by atoms with E-state index in [1.54, 1.807) is 7.11 Å². The lowest BCUT2D eigenvalue weighted by atomic mass is 9.87. The first-order chi connectivity index (χ1) is 6.57. The molecule has 1 aliphatic carbocycles. The van der Waals surface area contributed by atoms with Gasteiger partial charge in [-0.1, -0.05) is 6.08 Å². The van der Waals surface area contributed by atoms with Crippen LogP contribution in [-0.4, -0.2) is 19.0 Å². The van der Waals surface area contributed by atoms with Gasteiger partial charge in [-0.05, 0) is 45.4 Å². The molecule has 1 fully saturated rings. The van der Waals surface area contributed by atoms with Crippen LogP contribution >= 0.6 is 0 Å². The summed E-state index contributed by atoms with van der Waals surface area (Å²) in [6.07, 6.45) is 7.09. The van der Waals surface area contributed by atoms with Gasteiger partial charge in [0.1, 0.15) is 0 Å². The molecule has 2 nitrogen and oxygen atoms in total. The minimum Gasteiger partial charge on any atom is -0.354 e. The van der Waals surface area contributed by atoms with Crippen molar-refractivity contribution in [3.05, 3.63) is 12.7 Å². The summed E-state index contributed by atoms with van der Waals surface area (Å²) < 4.78 is 11.1. The molecule has 0 heterocycles. The number of rotatable bonds is 4. The maximum absolute atomic E-state index is 5.86. The zero-order chi connectivity index (χ0) is 10.6. The van der Waals surface area contributed by atoms with E-state index in [4.69, 9.17) is 9.47 Å². The van der Waals surface area contributed by atoms with Gasteiger partial charge in [0.25, 0.3) is 0 Å². The van der Waals surface area contributed by atoms with Crippen LogP contribution < -0.4 is 0 Å². The highest BCUT2D eigenvalue weighted by Crippen LogP contribution is 2.29. The van der Waals surface area contributed by atoms with Gasteiger partial charge in [-0.25, -0.2) is 0 Å². The molecular formula is C12H22O2. The summed E-state index contributed by atoms with van der Waals surface area (Å²) in [5.41, 5.74) is 0. The molecule has 82 valence electrons. The van der Waals surface area contributed by atoms with Crippen LogP contribution in [0.15, 0.2) is 12.7 Å². The second-order valence-electron chi connectivity index (χ2n) is 4.49. The molecule has 0 saturated heterocycles. The average Bonchev–Trinajstić information content (AvgIpc) is 2.19. The molecule has 1 aliphatic rings. The molecule has 0 unspecified atom stereocenters. The van der Waals surface area contributed by atoms with Crippen LogP contribution in [0.1, 0.15) is 39.5 Å². The Bertz CT molecular complexity index is 179. The lowest BCUT2D eigenvalue weighted by Gasteiger charge is -2.33. The Morgan fingerprint density at radius 2 is 1.79 bits per heavy atom. The van der Waals surface area contributed by atoms with Gasteiger partial charge >= 0.3 is 0 Å². The van der Waals surface area contributed by atoms with E-state index < -0.39 is 5.79 Å². The zero-order valence-electron chi connectivity index (χ0n) is 9.58. The molecule has 0 aliphatic heterocycles. The minimum absolute atomic E-state index is 0.362. The van der Waals surface area contributed by atoms with Crippen LogP contribution in [-0.2, 0) is 9.47 Å². The van der Waals surface area contributed by atoms with Crippen LogP contribution in [0.4, 0.5) is 0 Å². The fourth-order valence-corrected chi connectivity index (χ4v) is 1.89. The Morgan fingerprint density at radius 3 is 2.21 bits per heavy atom. The molecule has 2 heteroatoms. The molecule has 0 amide bonds. The first-order valence-electron chi connectivity index (χ1n) is 5.43. The maximum atomic E-state index is 5.86. The van der Waals surface area contributed by atoms with Crippen LogP contribution in [0, 0.1) is 5.92 Å². The fraction of sp³-hybridized carbons (Fsp3) is 0.833. The molecule has 0 bridgehead atoms. The molecule has 0 N–H and O–H groups in total. The molecule has 0 radical (unpaired) electrons. The van der Waals surface area contributed by atoms with E-state index in [9.17, 15) is 0 Å². The standard InChI is InChI=1S/C12H22O2/c1-5-10-6-8-11(9-7-10)14-12(2,3)13-4/h5,10-11H,1,6-9H2,2-4H3. The third-order valence-electron chi connectivity index (χ3n) is 2.99. The van der Waals surface area contributed by atoms with Crippen LogP contribution in [0.3, 0.4) is 0 Å². The Morgan fingerprint density at radius 1 is 1.21 bits per heavy atom. The smallest absolute Gasteiger partial charge is 0.162 e. The van der Waals surface area contributed by atoms with Gasteiger partial charge in [-0.15, -0.1) is 6.58 Å². The van der Waals surface area contributed by atoms with Gasteiger partial charge in [0.15, 0.2) is 5.79 Å². The Kier molecular flexibility index (Phi) is 4.14. The summed E-state index contributed by atoms with van der Waals surface area (Å²) >= 11 is 0. The largest absolute Gasteiger partial charge is 0.354 e. The monoisotopic (exact) mass is 198 g/mol. The molecule has 0 aromatic rings. The quantitative estimate of drug-likeness (QED) is 0.510. The van der Waals surface area contributed by atoms with Crippen molar-refractivity contribution < 1.29 is 9.47 Å². The number of hydrogen-bond acceptors (Lipinski definition) is 2. The lowest BCUT2D eigenvalue weighted by molar-refractivity contribution is -0.228. The van der Waals surface area contributed by atoms with Crippen molar-refractivity contribution in [1.29, 1.82) is 0 Å². The van der Waals surface area contributed by atoms with Crippen LogP contribution in [0.5, 0.6) is 0 Å². The molecule has 14 heavy (non-hydrogen) atoms. The summed E-state index contributed by atoms with van der Waals surface area (Å²) in [5, 5.41) is 0. The molecule has 0 aromatic carbocycles. The Hall–Kier alpha value is -0.340. The molecule has 0 aromatic heterocycles. The molecule has 0 spiro atoms. The second kappa shape index (κ2) is 4.94. The summed E-state index contributed by atoms with van der Waals surface area (Å²) in [6, 6.07) is 0. The average molecular weight is 198 g/mol. The van der Waals surface area contributed by atoms with Crippen molar-refractivity contribution in [2.45, 2.75) is 51.4 Å². The van der Waals surface area contributed by atoms with Crippen LogP contribution in [0.2, 0.25) is 0 Å². The predicted molar refractivity (Wildman–Crippen MR) is 58.1 cm³/mol. The van der Waals surface area contributed by atoms with E-state index in [1.165, 1.54) is 12.8 Å². The second-order valence-corrected chi connectivity index (χ2v) is 4.49. The van der Waals surface area contributed by atoms with Crippen molar-refractivity contribution in [1.82, 2.24) is 0 Å². The molecule has 1 rings (SSSR count). The highest BCUT2D eigenvalue weighted by atomic mass is 16.7. The Balaban J connectivity index is 2.32. The van der Waals surface area contributed by atoms with E-state index in [0.717, 1.165) is 12.8 Å². The summed E-state index contributed by atoms with van der Waals surface area (Å²) in [5.74, 6) is 0.256.